The summed E-state index contributed by atoms with van der Waals surface area (Å²) in [7, 11) is 0. The number of rotatable bonds is 1. The van der Waals surface area contributed by atoms with E-state index in [2.05, 4.69) is 0 Å². The van der Waals surface area contributed by atoms with Crippen molar-refractivity contribution in [1.29, 1.82) is 0 Å². The number of esters is 1. The van der Waals surface area contributed by atoms with Crippen molar-refractivity contribution < 1.29 is 19.1 Å². The quantitative estimate of drug-likeness (QED) is 0.738. The van der Waals surface area contributed by atoms with Crippen LogP contribution >= 0.6 is 0 Å². The van der Waals surface area contributed by atoms with Gasteiger partial charge in [0.2, 0.25) is 11.5 Å². The molecule has 0 aromatic heterocycles. The van der Waals surface area contributed by atoms with Gasteiger partial charge in [-0.1, -0.05) is 30.3 Å². The van der Waals surface area contributed by atoms with E-state index in [0.717, 1.165) is 5.56 Å². The molecule has 1 aromatic rings. The molecule has 0 spiro atoms. The number of ketones is 1. The highest BCUT2D eigenvalue weighted by Crippen LogP contribution is 2.36. The maximum atomic E-state index is 12.2. The van der Waals surface area contributed by atoms with Gasteiger partial charge >= 0.3 is 5.97 Å². The molecule has 4 heteroatoms. The van der Waals surface area contributed by atoms with Crippen molar-refractivity contribution in [2.75, 3.05) is 6.61 Å². The fourth-order valence-electron chi connectivity index (χ4n) is 2.65. The first kappa shape index (κ1) is 12.9. The Bertz CT molecular complexity index is 559. The van der Waals surface area contributed by atoms with Gasteiger partial charge < -0.3 is 9.47 Å². The van der Waals surface area contributed by atoms with E-state index in [4.69, 9.17) is 9.47 Å². The first-order valence-electron chi connectivity index (χ1n) is 6.89. The number of carbonyl (C=O) groups excluding carboxylic acids is 2. The van der Waals surface area contributed by atoms with Gasteiger partial charge in [-0.05, 0) is 17.9 Å². The molecule has 0 radical (unpaired) electrons. The first-order chi connectivity index (χ1) is 9.74. The zero-order valence-corrected chi connectivity index (χ0v) is 11.1. The summed E-state index contributed by atoms with van der Waals surface area (Å²) < 4.78 is 10.8. The van der Waals surface area contributed by atoms with Crippen LogP contribution in [0.5, 0.6) is 0 Å². The third-order valence-corrected chi connectivity index (χ3v) is 3.65. The summed E-state index contributed by atoms with van der Waals surface area (Å²) in [4.78, 5) is 23.8. The highest BCUT2D eigenvalue weighted by Gasteiger charge is 2.33. The van der Waals surface area contributed by atoms with Gasteiger partial charge in [0.15, 0.2) is 5.76 Å². The van der Waals surface area contributed by atoms with E-state index < -0.39 is 0 Å². The van der Waals surface area contributed by atoms with Crippen LogP contribution in [0.4, 0.5) is 0 Å². The number of benzene rings is 1. The standard InChI is InChI=1S/C16H16O4/c17-13-9-12(11-5-2-1-3-6-11)10-14-16(13)19-8-4-7-15(18)20-14/h1-3,5-6,12H,4,7-10H2. The molecule has 2 aliphatic rings. The predicted molar refractivity (Wildman–Crippen MR) is 71.7 cm³/mol. The Morgan fingerprint density at radius 1 is 1.05 bits per heavy atom. The molecule has 0 fully saturated rings. The molecule has 3 rings (SSSR count). The van der Waals surface area contributed by atoms with Gasteiger partial charge in [-0.3, -0.25) is 9.59 Å². The Hall–Kier alpha value is -2.10. The van der Waals surface area contributed by atoms with Crippen LogP contribution in [0, 0.1) is 0 Å². The van der Waals surface area contributed by atoms with E-state index >= 15 is 0 Å². The average molecular weight is 272 g/mol. The maximum Gasteiger partial charge on any atom is 0.311 e. The maximum absolute atomic E-state index is 12.2. The van der Waals surface area contributed by atoms with Gasteiger partial charge in [0.1, 0.15) is 0 Å². The minimum Gasteiger partial charge on any atom is -0.487 e. The Morgan fingerprint density at radius 2 is 1.85 bits per heavy atom. The fraction of sp³-hybridized carbons (Fsp3) is 0.375. The zero-order valence-electron chi connectivity index (χ0n) is 11.1. The summed E-state index contributed by atoms with van der Waals surface area (Å²) in [6.45, 7) is 0.398. The van der Waals surface area contributed by atoms with Gasteiger partial charge in [0.05, 0.1) is 6.61 Å². The SMILES string of the molecule is O=C1CCCOC2=C(CC(c3ccccc3)CC2=O)O1. The van der Waals surface area contributed by atoms with Crippen molar-refractivity contribution in [3.8, 4) is 0 Å². The lowest BCUT2D eigenvalue weighted by Crippen LogP contribution is -2.24. The number of ether oxygens (including phenoxy) is 2. The van der Waals surface area contributed by atoms with Crippen LogP contribution in [0.3, 0.4) is 0 Å². The molecule has 0 amide bonds. The summed E-state index contributed by atoms with van der Waals surface area (Å²) in [5.41, 5.74) is 1.09. The van der Waals surface area contributed by atoms with Gasteiger partial charge in [0.25, 0.3) is 0 Å². The van der Waals surface area contributed by atoms with Crippen molar-refractivity contribution in [2.24, 2.45) is 0 Å². The monoisotopic (exact) mass is 272 g/mol. The summed E-state index contributed by atoms with van der Waals surface area (Å²) in [5.74, 6) is 0.362. The molecule has 4 nitrogen and oxygen atoms in total. The lowest BCUT2D eigenvalue weighted by Gasteiger charge is -2.27. The number of carbonyl (C=O) groups is 2. The molecule has 1 aromatic carbocycles. The second kappa shape index (κ2) is 5.49. The fourth-order valence-corrected chi connectivity index (χ4v) is 2.65. The Balaban J connectivity index is 1.89. The van der Waals surface area contributed by atoms with Gasteiger partial charge in [0, 0.05) is 19.3 Å². The van der Waals surface area contributed by atoms with Crippen molar-refractivity contribution in [3.05, 3.63) is 47.4 Å². The smallest absolute Gasteiger partial charge is 0.311 e. The molecule has 1 aliphatic heterocycles. The largest absolute Gasteiger partial charge is 0.487 e. The highest BCUT2D eigenvalue weighted by atomic mass is 16.6. The molecule has 1 atom stereocenters. The van der Waals surface area contributed by atoms with Crippen LogP contribution < -0.4 is 0 Å². The molecule has 104 valence electrons. The second-order valence-corrected chi connectivity index (χ2v) is 5.12. The van der Waals surface area contributed by atoms with E-state index in [-0.39, 0.29) is 23.4 Å². The van der Waals surface area contributed by atoms with E-state index in [1.165, 1.54) is 0 Å². The van der Waals surface area contributed by atoms with Crippen LogP contribution in [-0.4, -0.2) is 18.4 Å². The summed E-state index contributed by atoms with van der Waals surface area (Å²) in [6.07, 6.45) is 1.86. The molecular weight excluding hydrogens is 256 g/mol. The Kier molecular flexibility index (Phi) is 3.54. The van der Waals surface area contributed by atoms with Crippen LogP contribution in [0.25, 0.3) is 0 Å². The van der Waals surface area contributed by atoms with Crippen LogP contribution in [0.1, 0.15) is 37.2 Å². The normalized spacial score (nSPS) is 23.3. The van der Waals surface area contributed by atoms with E-state index in [1.807, 2.05) is 30.3 Å². The Morgan fingerprint density at radius 3 is 2.65 bits per heavy atom. The highest BCUT2D eigenvalue weighted by molar-refractivity contribution is 5.96. The first-order valence-corrected chi connectivity index (χ1v) is 6.89. The minimum absolute atomic E-state index is 0.0540. The van der Waals surface area contributed by atoms with Gasteiger partial charge in [-0.25, -0.2) is 0 Å². The van der Waals surface area contributed by atoms with Crippen molar-refractivity contribution >= 4 is 11.8 Å². The number of hydrogen-bond donors (Lipinski definition) is 0. The molecule has 1 aliphatic carbocycles. The van der Waals surface area contributed by atoms with E-state index in [9.17, 15) is 9.59 Å². The molecule has 0 saturated carbocycles. The van der Waals surface area contributed by atoms with Crippen LogP contribution in [0.2, 0.25) is 0 Å². The van der Waals surface area contributed by atoms with Gasteiger partial charge in [-0.2, -0.15) is 0 Å². The lowest BCUT2D eigenvalue weighted by molar-refractivity contribution is -0.142. The molecular formula is C16H16O4. The second-order valence-electron chi connectivity index (χ2n) is 5.12. The predicted octanol–water partition coefficient (Wildman–Crippen LogP) is 2.70. The van der Waals surface area contributed by atoms with Gasteiger partial charge in [-0.15, -0.1) is 0 Å². The lowest BCUT2D eigenvalue weighted by atomic mass is 9.85. The molecule has 0 bridgehead atoms. The van der Waals surface area contributed by atoms with Crippen molar-refractivity contribution in [1.82, 2.24) is 0 Å². The summed E-state index contributed by atoms with van der Waals surface area (Å²) in [5, 5.41) is 0. The van der Waals surface area contributed by atoms with E-state index in [0.29, 0.717) is 38.0 Å². The average Bonchev–Trinajstić information content (AvgIpc) is 2.44. The number of hydrogen-bond acceptors (Lipinski definition) is 4. The molecule has 0 saturated heterocycles. The number of Topliss-reactive ketones (excluding diaryl/α,β-unsaturated/α-hetero) is 1. The zero-order chi connectivity index (χ0) is 13.9. The van der Waals surface area contributed by atoms with E-state index in [1.54, 1.807) is 0 Å². The molecule has 1 unspecified atom stereocenters. The third-order valence-electron chi connectivity index (χ3n) is 3.65. The van der Waals surface area contributed by atoms with Crippen LogP contribution in [-0.2, 0) is 19.1 Å². The third kappa shape index (κ3) is 2.59. The van der Waals surface area contributed by atoms with Crippen LogP contribution in [0.15, 0.2) is 41.9 Å². The van der Waals surface area contributed by atoms with Crippen molar-refractivity contribution in [3.63, 3.8) is 0 Å². The molecule has 20 heavy (non-hydrogen) atoms. The van der Waals surface area contributed by atoms with Crippen molar-refractivity contribution in [2.45, 2.75) is 31.6 Å². The minimum atomic E-state index is -0.276. The number of allylic oxidation sites excluding steroid dienone is 2. The summed E-state index contributed by atoms with van der Waals surface area (Å²) in [6, 6.07) is 9.83. The molecule has 1 heterocycles. The molecule has 0 N–H and O–H groups in total. The topological polar surface area (TPSA) is 52.6 Å². The summed E-state index contributed by atoms with van der Waals surface area (Å²) >= 11 is 0. The Labute approximate surface area is 117 Å².